The van der Waals surface area contributed by atoms with Crippen molar-refractivity contribution in [1.82, 2.24) is 4.98 Å². The predicted molar refractivity (Wildman–Crippen MR) is 41.4 cm³/mol. The number of rotatable bonds is 0. The number of nitrogen functional groups attached to an aromatic ring is 1. The van der Waals surface area contributed by atoms with E-state index in [1.54, 1.807) is 0 Å². The van der Waals surface area contributed by atoms with E-state index in [9.17, 15) is 13.2 Å². The predicted octanol–water partition coefficient (Wildman–Crippen LogP) is 2.45. The minimum Gasteiger partial charge on any atom is -0.397 e. The summed E-state index contributed by atoms with van der Waals surface area (Å²) in [5, 5.41) is 0. The van der Waals surface area contributed by atoms with Crippen molar-refractivity contribution < 1.29 is 13.2 Å². The lowest BCUT2D eigenvalue weighted by molar-refractivity contribution is -0.141. The molecule has 0 aliphatic heterocycles. The molecule has 1 aromatic heterocycles. The zero-order valence-electron chi connectivity index (χ0n) is 5.69. The lowest BCUT2D eigenvalue weighted by Gasteiger charge is -2.06. The zero-order valence-corrected chi connectivity index (χ0v) is 7.28. The van der Waals surface area contributed by atoms with Gasteiger partial charge in [0.2, 0.25) is 0 Å². The summed E-state index contributed by atoms with van der Waals surface area (Å²) < 4.78 is 35.9. The van der Waals surface area contributed by atoms with E-state index >= 15 is 0 Å². The Morgan fingerprint density at radius 3 is 2.33 bits per heavy atom. The third kappa shape index (κ3) is 1.88. The van der Waals surface area contributed by atoms with E-state index in [2.05, 4.69) is 20.9 Å². The molecule has 0 aromatic carbocycles. The Morgan fingerprint density at radius 2 is 1.92 bits per heavy atom. The molecule has 1 heterocycles. The highest BCUT2D eigenvalue weighted by atomic mass is 79.9. The zero-order chi connectivity index (χ0) is 9.35. The van der Waals surface area contributed by atoms with Gasteiger partial charge >= 0.3 is 6.18 Å². The summed E-state index contributed by atoms with van der Waals surface area (Å²) in [6.45, 7) is 0. The summed E-state index contributed by atoms with van der Waals surface area (Å²) in [6.07, 6.45) is -4.42. The van der Waals surface area contributed by atoms with Crippen molar-refractivity contribution in [3.8, 4) is 0 Å². The molecule has 66 valence electrons. The summed E-state index contributed by atoms with van der Waals surface area (Å²) >= 11 is 2.80. The number of halogens is 4. The van der Waals surface area contributed by atoms with Crippen molar-refractivity contribution in [2.45, 2.75) is 6.18 Å². The molecule has 6 heteroatoms. The van der Waals surface area contributed by atoms with E-state index in [0.29, 0.717) is 0 Å². The third-order valence-corrected chi connectivity index (χ3v) is 1.80. The van der Waals surface area contributed by atoms with E-state index in [1.165, 1.54) is 0 Å². The minimum atomic E-state index is -4.42. The molecule has 12 heavy (non-hydrogen) atoms. The van der Waals surface area contributed by atoms with Crippen LogP contribution in [-0.4, -0.2) is 4.98 Å². The van der Waals surface area contributed by atoms with Crippen LogP contribution in [0, 0.1) is 0 Å². The molecule has 0 saturated carbocycles. The van der Waals surface area contributed by atoms with Gasteiger partial charge < -0.3 is 5.73 Å². The van der Waals surface area contributed by atoms with Crippen molar-refractivity contribution in [1.29, 1.82) is 0 Å². The largest absolute Gasteiger partial charge is 0.433 e. The van der Waals surface area contributed by atoms with Gasteiger partial charge in [-0.25, -0.2) is 4.98 Å². The molecule has 0 saturated heterocycles. The molecule has 2 N–H and O–H groups in total. The Morgan fingerprint density at radius 1 is 1.33 bits per heavy atom. The highest BCUT2D eigenvalue weighted by molar-refractivity contribution is 9.10. The first-order chi connectivity index (χ1) is 5.41. The van der Waals surface area contributed by atoms with Crippen LogP contribution in [0.4, 0.5) is 18.9 Å². The van der Waals surface area contributed by atoms with Crippen LogP contribution in [0.2, 0.25) is 0 Å². The first-order valence-corrected chi connectivity index (χ1v) is 3.70. The van der Waals surface area contributed by atoms with Gasteiger partial charge in [0.25, 0.3) is 0 Å². The maximum atomic E-state index is 12.0. The molecule has 0 unspecified atom stereocenters. The molecule has 1 aromatic rings. The monoisotopic (exact) mass is 240 g/mol. The minimum absolute atomic E-state index is 0.0114. The number of nitrogens with two attached hydrogens (primary N) is 1. The van der Waals surface area contributed by atoms with Gasteiger partial charge in [0.05, 0.1) is 5.69 Å². The highest BCUT2D eigenvalue weighted by Gasteiger charge is 2.32. The van der Waals surface area contributed by atoms with Gasteiger partial charge in [-0.1, -0.05) is 0 Å². The highest BCUT2D eigenvalue weighted by Crippen LogP contribution is 2.29. The van der Waals surface area contributed by atoms with E-state index in [4.69, 9.17) is 5.73 Å². The molecule has 0 fully saturated rings. The number of nitrogens with zero attached hydrogens (tertiary/aromatic N) is 1. The van der Waals surface area contributed by atoms with Crippen molar-refractivity contribution >= 4 is 21.6 Å². The number of aromatic nitrogens is 1. The Balaban J connectivity index is 3.14. The average Bonchev–Trinajstić information content (AvgIpc) is 1.92. The fourth-order valence-corrected chi connectivity index (χ4v) is 0.926. The summed E-state index contributed by atoms with van der Waals surface area (Å²) in [7, 11) is 0. The van der Waals surface area contributed by atoms with Gasteiger partial charge in [-0.05, 0) is 28.1 Å². The van der Waals surface area contributed by atoms with E-state index in [0.717, 1.165) is 12.1 Å². The quantitative estimate of drug-likeness (QED) is 0.708. The lowest BCUT2D eigenvalue weighted by Crippen LogP contribution is -2.08. The number of hydrogen-bond donors (Lipinski definition) is 1. The van der Waals surface area contributed by atoms with Gasteiger partial charge in [-0.15, -0.1) is 0 Å². The van der Waals surface area contributed by atoms with Crippen molar-refractivity contribution in [3.63, 3.8) is 0 Å². The second kappa shape index (κ2) is 2.93. The van der Waals surface area contributed by atoms with Gasteiger partial charge in [0, 0.05) is 0 Å². The van der Waals surface area contributed by atoms with Gasteiger partial charge in [-0.3, -0.25) is 0 Å². The molecule has 0 spiro atoms. The van der Waals surface area contributed by atoms with Gasteiger partial charge in [0.1, 0.15) is 10.3 Å². The fraction of sp³-hybridized carbons (Fsp3) is 0.167. The third-order valence-electron chi connectivity index (χ3n) is 1.17. The Hall–Kier alpha value is -0.780. The normalized spacial score (nSPS) is 11.7. The second-order valence-electron chi connectivity index (χ2n) is 2.07. The summed E-state index contributed by atoms with van der Waals surface area (Å²) in [5.74, 6) is 0. The summed E-state index contributed by atoms with van der Waals surface area (Å²) in [5.41, 5.74) is 4.48. The molecule has 0 radical (unpaired) electrons. The molecule has 0 aliphatic rings. The molecule has 0 aliphatic carbocycles. The van der Waals surface area contributed by atoms with Crippen molar-refractivity contribution in [2.75, 3.05) is 5.73 Å². The fourth-order valence-electron chi connectivity index (χ4n) is 0.603. The maximum absolute atomic E-state index is 12.0. The smallest absolute Gasteiger partial charge is 0.397 e. The van der Waals surface area contributed by atoms with E-state index in [1.807, 2.05) is 0 Å². The second-order valence-corrected chi connectivity index (χ2v) is 2.83. The molecule has 0 amide bonds. The molecule has 1 rings (SSSR count). The molecule has 0 atom stereocenters. The molecular weight excluding hydrogens is 237 g/mol. The van der Waals surface area contributed by atoms with Crippen LogP contribution in [-0.2, 0) is 6.18 Å². The van der Waals surface area contributed by atoms with E-state index in [-0.39, 0.29) is 10.3 Å². The molecular formula is C6H4BrF3N2. The van der Waals surface area contributed by atoms with E-state index < -0.39 is 11.9 Å². The van der Waals surface area contributed by atoms with Crippen LogP contribution in [0.3, 0.4) is 0 Å². The lowest BCUT2D eigenvalue weighted by atomic mass is 10.3. The van der Waals surface area contributed by atoms with Crippen LogP contribution in [0.25, 0.3) is 0 Å². The van der Waals surface area contributed by atoms with Gasteiger partial charge in [0.15, 0.2) is 0 Å². The standard InChI is InChI=1S/C6H4BrF3N2/c7-5-3(11)1-2-4(12-5)6(8,9)10/h1-2H,11H2. The van der Waals surface area contributed by atoms with Crippen LogP contribution in [0.1, 0.15) is 5.69 Å². The first-order valence-electron chi connectivity index (χ1n) is 2.90. The molecule has 2 nitrogen and oxygen atoms in total. The van der Waals surface area contributed by atoms with Gasteiger partial charge in [-0.2, -0.15) is 13.2 Å². The van der Waals surface area contributed by atoms with Crippen LogP contribution >= 0.6 is 15.9 Å². The van der Waals surface area contributed by atoms with Crippen LogP contribution < -0.4 is 5.73 Å². The Labute approximate surface area is 74.7 Å². The summed E-state index contributed by atoms with van der Waals surface area (Å²) in [4.78, 5) is 3.21. The number of hydrogen-bond acceptors (Lipinski definition) is 2. The van der Waals surface area contributed by atoms with Crippen molar-refractivity contribution in [2.24, 2.45) is 0 Å². The number of alkyl halides is 3. The maximum Gasteiger partial charge on any atom is 0.433 e. The Kier molecular flexibility index (Phi) is 2.27. The molecule has 0 bridgehead atoms. The number of pyridine rings is 1. The van der Waals surface area contributed by atoms with Crippen LogP contribution in [0.5, 0.6) is 0 Å². The summed E-state index contributed by atoms with van der Waals surface area (Å²) in [6, 6.07) is 1.99. The number of anilines is 1. The Bertz CT molecular complexity index is 297. The average molecular weight is 241 g/mol. The SMILES string of the molecule is Nc1ccc(C(F)(F)F)nc1Br. The van der Waals surface area contributed by atoms with Crippen LogP contribution in [0.15, 0.2) is 16.7 Å². The van der Waals surface area contributed by atoms with Crippen molar-refractivity contribution in [3.05, 3.63) is 22.4 Å². The topological polar surface area (TPSA) is 38.9 Å². The first kappa shape index (κ1) is 9.31.